The number of nitriles is 1. The normalized spacial score (nSPS) is 11.6. The molecule has 0 fully saturated rings. The van der Waals surface area contributed by atoms with Gasteiger partial charge in [-0.15, -0.1) is 0 Å². The predicted octanol–water partition coefficient (Wildman–Crippen LogP) is 1.54. The number of hydrogen-bond donors (Lipinski definition) is 2. The molecule has 0 bridgehead atoms. The van der Waals surface area contributed by atoms with Crippen LogP contribution in [-0.2, 0) is 11.2 Å². The van der Waals surface area contributed by atoms with E-state index in [4.69, 9.17) is 5.26 Å². The average molecular weight is 245 g/mol. The Bertz CT molecular complexity index is 420. The van der Waals surface area contributed by atoms with E-state index in [1.165, 1.54) is 12.5 Å². The lowest BCUT2D eigenvalue weighted by atomic mass is 10.0. The molecule has 1 rings (SSSR count). The Hall–Kier alpha value is -1.86. The van der Waals surface area contributed by atoms with Crippen molar-refractivity contribution in [3.05, 3.63) is 35.4 Å². The molecule has 0 aliphatic heterocycles. The number of amides is 1. The first-order chi connectivity index (χ1) is 8.67. The Balaban J connectivity index is 2.50. The van der Waals surface area contributed by atoms with Crippen LogP contribution in [0.1, 0.15) is 31.0 Å². The number of rotatable bonds is 6. The first-order valence-electron chi connectivity index (χ1n) is 6.13. The summed E-state index contributed by atoms with van der Waals surface area (Å²) >= 11 is 0. The van der Waals surface area contributed by atoms with Crippen LogP contribution in [0, 0.1) is 11.3 Å². The van der Waals surface area contributed by atoms with Gasteiger partial charge in [0.2, 0.25) is 5.91 Å². The molecule has 1 amide bonds. The van der Waals surface area contributed by atoms with Gasteiger partial charge in [-0.1, -0.05) is 31.2 Å². The molecule has 0 aromatic heterocycles. The quantitative estimate of drug-likeness (QED) is 0.747. The van der Waals surface area contributed by atoms with Gasteiger partial charge in [-0.05, 0) is 17.5 Å². The second-order valence-electron chi connectivity index (χ2n) is 4.09. The maximum absolute atomic E-state index is 10.7. The molecule has 2 N–H and O–H groups in total. The van der Waals surface area contributed by atoms with E-state index in [0.29, 0.717) is 13.1 Å². The van der Waals surface area contributed by atoms with Gasteiger partial charge >= 0.3 is 0 Å². The van der Waals surface area contributed by atoms with Crippen LogP contribution in [0.5, 0.6) is 0 Å². The highest BCUT2D eigenvalue weighted by Crippen LogP contribution is 2.13. The van der Waals surface area contributed by atoms with Gasteiger partial charge in [0.25, 0.3) is 0 Å². The van der Waals surface area contributed by atoms with E-state index >= 15 is 0 Å². The summed E-state index contributed by atoms with van der Waals surface area (Å²) in [5.74, 6) is -0.0578. The van der Waals surface area contributed by atoms with Crippen LogP contribution >= 0.6 is 0 Å². The first kappa shape index (κ1) is 14.2. The highest BCUT2D eigenvalue weighted by Gasteiger charge is 2.08. The second-order valence-corrected chi connectivity index (χ2v) is 4.09. The standard InChI is InChI=1S/C14H19N3O/c1-3-12-4-6-13(7-5-12)14(10-15)17-9-8-16-11(2)18/h4-7,14,17H,3,8-9H2,1-2H3,(H,16,18). The monoisotopic (exact) mass is 245 g/mol. The van der Waals surface area contributed by atoms with E-state index < -0.39 is 0 Å². The van der Waals surface area contributed by atoms with E-state index in [0.717, 1.165) is 12.0 Å². The van der Waals surface area contributed by atoms with E-state index in [-0.39, 0.29) is 11.9 Å². The highest BCUT2D eigenvalue weighted by molar-refractivity contribution is 5.72. The minimum Gasteiger partial charge on any atom is -0.355 e. The first-order valence-corrected chi connectivity index (χ1v) is 6.13. The number of nitrogens with one attached hydrogen (secondary N) is 2. The summed E-state index contributed by atoms with van der Waals surface area (Å²) in [4.78, 5) is 10.7. The zero-order valence-corrected chi connectivity index (χ0v) is 10.9. The summed E-state index contributed by atoms with van der Waals surface area (Å²) in [6.07, 6.45) is 0.994. The Morgan fingerprint density at radius 1 is 1.33 bits per heavy atom. The molecule has 4 heteroatoms. The van der Waals surface area contributed by atoms with Crippen molar-refractivity contribution < 1.29 is 4.79 Å². The van der Waals surface area contributed by atoms with Crippen LogP contribution in [0.15, 0.2) is 24.3 Å². The zero-order chi connectivity index (χ0) is 13.4. The number of aryl methyl sites for hydroxylation is 1. The maximum Gasteiger partial charge on any atom is 0.216 e. The number of carbonyl (C=O) groups excluding carboxylic acids is 1. The molecule has 1 atom stereocenters. The lowest BCUT2D eigenvalue weighted by molar-refractivity contribution is -0.118. The molecule has 0 heterocycles. The van der Waals surface area contributed by atoms with E-state index in [1.54, 1.807) is 0 Å². The fourth-order valence-corrected chi connectivity index (χ4v) is 1.64. The average Bonchev–Trinajstić information content (AvgIpc) is 2.39. The van der Waals surface area contributed by atoms with E-state index in [1.807, 2.05) is 24.3 Å². The van der Waals surface area contributed by atoms with Crippen LogP contribution < -0.4 is 10.6 Å². The number of nitrogens with zero attached hydrogens (tertiary/aromatic N) is 1. The molecule has 0 saturated carbocycles. The largest absolute Gasteiger partial charge is 0.355 e. The Morgan fingerprint density at radius 3 is 2.50 bits per heavy atom. The van der Waals surface area contributed by atoms with Crippen molar-refractivity contribution in [3.63, 3.8) is 0 Å². The van der Waals surface area contributed by atoms with Crippen molar-refractivity contribution in [2.45, 2.75) is 26.3 Å². The van der Waals surface area contributed by atoms with Gasteiger partial charge in [-0.25, -0.2) is 0 Å². The minimum absolute atomic E-state index is 0.0578. The third-order valence-corrected chi connectivity index (χ3v) is 2.70. The smallest absolute Gasteiger partial charge is 0.216 e. The van der Waals surface area contributed by atoms with Gasteiger partial charge in [0.15, 0.2) is 0 Å². The highest BCUT2D eigenvalue weighted by atomic mass is 16.1. The van der Waals surface area contributed by atoms with Crippen molar-refractivity contribution in [2.75, 3.05) is 13.1 Å². The van der Waals surface area contributed by atoms with Gasteiger partial charge < -0.3 is 5.32 Å². The molecule has 0 spiro atoms. The summed E-state index contributed by atoms with van der Waals surface area (Å²) < 4.78 is 0. The molecular formula is C14H19N3O. The number of hydrogen-bond acceptors (Lipinski definition) is 3. The summed E-state index contributed by atoms with van der Waals surface area (Å²) in [6.45, 7) is 4.68. The second kappa shape index (κ2) is 7.46. The fraction of sp³-hybridized carbons (Fsp3) is 0.429. The van der Waals surface area contributed by atoms with Crippen LogP contribution in [0.3, 0.4) is 0 Å². The Labute approximate surface area is 108 Å². The van der Waals surface area contributed by atoms with Crippen molar-refractivity contribution in [2.24, 2.45) is 0 Å². The van der Waals surface area contributed by atoms with Gasteiger partial charge in [0.05, 0.1) is 6.07 Å². The zero-order valence-electron chi connectivity index (χ0n) is 10.9. The van der Waals surface area contributed by atoms with Crippen molar-refractivity contribution >= 4 is 5.91 Å². The van der Waals surface area contributed by atoms with Crippen molar-refractivity contribution in [1.29, 1.82) is 5.26 Å². The molecular weight excluding hydrogens is 226 g/mol. The van der Waals surface area contributed by atoms with E-state index in [9.17, 15) is 4.79 Å². The maximum atomic E-state index is 10.7. The lowest BCUT2D eigenvalue weighted by Crippen LogP contribution is -2.32. The molecule has 1 unspecified atom stereocenters. The van der Waals surface area contributed by atoms with Crippen LogP contribution in [0.4, 0.5) is 0 Å². The lowest BCUT2D eigenvalue weighted by Gasteiger charge is -2.12. The number of carbonyl (C=O) groups is 1. The number of benzene rings is 1. The molecule has 0 aliphatic rings. The van der Waals surface area contributed by atoms with Crippen molar-refractivity contribution in [3.8, 4) is 6.07 Å². The fourth-order valence-electron chi connectivity index (χ4n) is 1.64. The Kier molecular flexibility index (Phi) is 5.89. The molecule has 0 radical (unpaired) electrons. The summed E-state index contributed by atoms with van der Waals surface area (Å²) in [5, 5.41) is 14.9. The van der Waals surface area contributed by atoms with Gasteiger partial charge in [-0.3, -0.25) is 10.1 Å². The van der Waals surface area contributed by atoms with E-state index in [2.05, 4.69) is 23.6 Å². The molecule has 18 heavy (non-hydrogen) atoms. The SMILES string of the molecule is CCc1ccc(C(C#N)NCCNC(C)=O)cc1. The van der Waals surface area contributed by atoms with Gasteiger partial charge in [-0.2, -0.15) is 5.26 Å². The predicted molar refractivity (Wildman–Crippen MR) is 70.9 cm³/mol. The molecule has 0 saturated heterocycles. The third-order valence-electron chi connectivity index (χ3n) is 2.70. The Morgan fingerprint density at radius 2 is 2.00 bits per heavy atom. The molecule has 0 aliphatic carbocycles. The molecule has 4 nitrogen and oxygen atoms in total. The molecule has 1 aromatic carbocycles. The summed E-state index contributed by atoms with van der Waals surface area (Å²) in [5.41, 5.74) is 2.21. The topological polar surface area (TPSA) is 64.9 Å². The van der Waals surface area contributed by atoms with Gasteiger partial charge in [0, 0.05) is 20.0 Å². The molecule has 96 valence electrons. The van der Waals surface area contributed by atoms with Crippen molar-refractivity contribution in [1.82, 2.24) is 10.6 Å². The van der Waals surface area contributed by atoms with Crippen LogP contribution in [0.2, 0.25) is 0 Å². The third kappa shape index (κ3) is 4.56. The summed E-state index contributed by atoms with van der Waals surface area (Å²) in [7, 11) is 0. The molecule has 1 aromatic rings. The summed E-state index contributed by atoms with van der Waals surface area (Å²) in [6, 6.07) is 9.91. The van der Waals surface area contributed by atoms with Gasteiger partial charge in [0.1, 0.15) is 6.04 Å². The van der Waals surface area contributed by atoms with Crippen LogP contribution in [0.25, 0.3) is 0 Å². The minimum atomic E-state index is -0.329. The van der Waals surface area contributed by atoms with Crippen LogP contribution in [-0.4, -0.2) is 19.0 Å².